The number of rotatable bonds is 7. The van der Waals surface area contributed by atoms with E-state index in [-0.39, 0.29) is 28.9 Å². The molecule has 0 aliphatic carbocycles. The SMILES string of the molecule is O=C(Cc1ccncc1)c1cc(C(=O)Nc2ccncc2)cc(C(=O)Nc2ccncc2)c1. The Balaban J connectivity index is 1.65. The molecule has 8 heteroatoms. The van der Waals surface area contributed by atoms with E-state index in [4.69, 9.17) is 0 Å². The molecule has 162 valence electrons. The van der Waals surface area contributed by atoms with Gasteiger partial charge in [0, 0.05) is 71.7 Å². The van der Waals surface area contributed by atoms with Crippen LogP contribution >= 0.6 is 0 Å². The van der Waals surface area contributed by atoms with Gasteiger partial charge in [-0.1, -0.05) is 0 Å². The summed E-state index contributed by atoms with van der Waals surface area (Å²) in [4.78, 5) is 50.6. The number of aromatic nitrogens is 3. The zero-order valence-electron chi connectivity index (χ0n) is 17.4. The minimum Gasteiger partial charge on any atom is -0.322 e. The summed E-state index contributed by atoms with van der Waals surface area (Å²) in [5, 5.41) is 5.50. The molecule has 3 heterocycles. The third-order valence-corrected chi connectivity index (χ3v) is 4.77. The monoisotopic (exact) mass is 437 g/mol. The number of Topliss-reactive ketones (excluding diaryl/α,β-unsaturated/α-hetero) is 1. The van der Waals surface area contributed by atoms with Crippen molar-refractivity contribution in [2.75, 3.05) is 10.6 Å². The van der Waals surface area contributed by atoms with E-state index in [9.17, 15) is 14.4 Å². The summed E-state index contributed by atoms with van der Waals surface area (Å²) >= 11 is 0. The van der Waals surface area contributed by atoms with E-state index in [1.54, 1.807) is 73.6 Å². The number of nitrogens with one attached hydrogen (secondary N) is 2. The predicted molar refractivity (Wildman–Crippen MR) is 123 cm³/mol. The lowest BCUT2D eigenvalue weighted by molar-refractivity contribution is 0.0993. The van der Waals surface area contributed by atoms with Gasteiger partial charge in [0.1, 0.15) is 0 Å². The topological polar surface area (TPSA) is 114 Å². The molecule has 4 aromatic rings. The second-order valence-corrected chi connectivity index (χ2v) is 7.13. The number of anilines is 2. The fraction of sp³-hybridized carbons (Fsp3) is 0.0400. The maximum absolute atomic E-state index is 13.0. The summed E-state index contributed by atoms with van der Waals surface area (Å²) in [5.41, 5.74) is 2.51. The minimum absolute atomic E-state index is 0.114. The molecular formula is C25H19N5O3. The maximum Gasteiger partial charge on any atom is 0.255 e. The van der Waals surface area contributed by atoms with E-state index in [0.717, 1.165) is 5.56 Å². The number of benzene rings is 1. The second-order valence-electron chi connectivity index (χ2n) is 7.13. The van der Waals surface area contributed by atoms with Gasteiger partial charge in [0.05, 0.1) is 0 Å². The van der Waals surface area contributed by atoms with E-state index in [1.807, 2.05) is 0 Å². The van der Waals surface area contributed by atoms with Gasteiger partial charge < -0.3 is 10.6 Å². The van der Waals surface area contributed by atoms with Crippen LogP contribution < -0.4 is 10.6 Å². The standard InChI is InChI=1S/C25H19N5O3/c31-23(13-17-1-7-26-8-2-17)18-14-19(24(32)29-21-3-9-27-10-4-21)16-20(15-18)25(33)30-22-5-11-28-12-6-22/h1-12,14-16H,13H2,(H,27,29,32)(H,28,30,33). The van der Waals surface area contributed by atoms with Crippen LogP contribution in [0.3, 0.4) is 0 Å². The molecule has 33 heavy (non-hydrogen) atoms. The summed E-state index contributed by atoms with van der Waals surface area (Å²) in [7, 11) is 0. The Morgan fingerprint density at radius 1 is 0.576 bits per heavy atom. The number of carbonyl (C=O) groups is 3. The van der Waals surface area contributed by atoms with Crippen LogP contribution in [-0.4, -0.2) is 32.5 Å². The number of nitrogens with zero attached hydrogens (tertiary/aromatic N) is 3. The molecule has 3 aromatic heterocycles. The molecule has 0 radical (unpaired) electrons. The van der Waals surface area contributed by atoms with Crippen LogP contribution in [0.1, 0.15) is 36.6 Å². The highest BCUT2D eigenvalue weighted by molar-refractivity contribution is 6.11. The van der Waals surface area contributed by atoms with E-state index in [0.29, 0.717) is 11.4 Å². The summed E-state index contributed by atoms with van der Waals surface area (Å²) in [5.74, 6) is -1.12. The quantitative estimate of drug-likeness (QED) is 0.425. The van der Waals surface area contributed by atoms with Crippen molar-refractivity contribution in [3.05, 3.63) is 114 Å². The van der Waals surface area contributed by atoms with Crippen molar-refractivity contribution >= 4 is 29.0 Å². The Bertz CT molecular complexity index is 1110. The van der Waals surface area contributed by atoms with E-state index in [1.165, 1.54) is 18.2 Å². The molecule has 8 nitrogen and oxygen atoms in total. The highest BCUT2D eigenvalue weighted by atomic mass is 16.2. The zero-order chi connectivity index (χ0) is 23.0. The van der Waals surface area contributed by atoms with Gasteiger partial charge in [-0.05, 0) is 60.2 Å². The van der Waals surface area contributed by atoms with Crippen molar-refractivity contribution in [2.45, 2.75) is 6.42 Å². The first-order valence-electron chi connectivity index (χ1n) is 10.1. The second kappa shape index (κ2) is 10.1. The molecule has 0 saturated heterocycles. The smallest absolute Gasteiger partial charge is 0.255 e. The largest absolute Gasteiger partial charge is 0.322 e. The Kier molecular flexibility index (Phi) is 6.56. The number of amides is 2. The normalized spacial score (nSPS) is 10.3. The lowest BCUT2D eigenvalue weighted by atomic mass is 9.98. The molecule has 0 fully saturated rings. The van der Waals surface area contributed by atoms with Crippen LogP contribution in [0.2, 0.25) is 0 Å². The number of hydrogen-bond acceptors (Lipinski definition) is 6. The highest BCUT2D eigenvalue weighted by Crippen LogP contribution is 2.17. The lowest BCUT2D eigenvalue weighted by Crippen LogP contribution is -2.18. The molecule has 2 N–H and O–H groups in total. The summed E-state index contributed by atoms with van der Waals surface area (Å²) in [6, 6.07) is 14.5. The van der Waals surface area contributed by atoms with E-state index >= 15 is 0 Å². The molecular weight excluding hydrogens is 418 g/mol. The Morgan fingerprint density at radius 2 is 0.970 bits per heavy atom. The maximum atomic E-state index is 13.0. The number of pyridine rings is 3. The average Bonchev–Trinajstić information content (AvgIpc) is 2.85. The van der Waals surface area contributed by atoms with Crippen LogP contribution in [0.4, 0.5) is 11.4 Å². The summed E-state index contributed by atoms with van der Waals surface area (Å²) < 4.78 is 0. The van der Waals surface area contributed by atoms with Crippen LogP contribution in [0.5, 0.6) is 0 Å². The third kappa shape index (κ3) is 5.71. The Morgan fingerprint density at radius 3 is 1.42 bits per heavy atom. The highest BCUT2D eigenvalue weighted by Gasteiger charge is 2.17. The van der Waals surface area contributed by atoms with Gasteiger partial charge in [0.15, 0.2) is 5.78 Å². The molecule has 0 unspecified atom stereocenters. The van der Waals surface area contributed by atoms with Gasteiger partial charge >= 0.3 is 0 Å². The van der Waals surface area contributed by atoms with Gasteiger partial charge in [-0.15, -0.1) is 0 Å². The molecule has 2 amide bonds. The van der Waals surface area contributed by atoms with Crippen molar-refractivity contribution in [1.82, 2.24) is 15.0 Å². The Hall–Kier alpha value is -4.72. The van der Waals surface area contributed by atoms with Gasteiger partial charge in [-0.2, -0.15) is 0 Å². The lowest BCUT2D eigenvalue weighted by Gasteiger charge is -2.11. The molecule has 0 atom stereocenters. The molecule has 0 spiro atoms. The Labute approximate surface area is 189 Å². The summed E-state index contributed by atoms with van der Waals surface area (Å²) in [6.07, 6.45) is 9.54. The van der Waals surface area contributed by atoms with Crippen molar-refractivity contribution in [2.24, 2.45) is 0 Å². The van der Waals surface area contributed by atoms with Crippen molar-refractivity contribution in [3.8, 4) is 0 Å². The molecule has 4 rings (SSSR count). The fourth-order valence-electron chi connectivity index (χ4n) is 3.12. The van der Waals surface area contributed by atoms with Crippen LogP contribution in [0, 0.1) is 0 Å². The average molecular weight is 437 g/mol. The zero-order valence-corrected chi connectivity index (χ0v) is 17.4. The third-order valence-electron chi connectivity index (χ3n) is 4.77. The number of carbonyl (C=O) groups excluding carboxylic acids is 3. The van der Waals surface area contributed by atoms with Crippen LogP contribution in [0.15, 0.2) is 91.8 Å². The van der Waals surface area contributed by atoms with Crippen molar-refractivity contribution in [3.63, 3.8) is 0 Å². The van der Waals surface area contributed by atoms with E-state index < -0.39 is 11.8 Å². The van der Waals surface area contributed by atoms with E-state index in [2.05, 4.69) is 25.6 Å². The van der Waals surface area contributed by atoms with Crippen LogP contribution in [0.25, 0.3) is 0 Å². The van der Waals surface area contributed by atoms with Crippen molar-refractivity contribution < 1.29 is 14.4 Å². The molecule has 1 aromatic carbocycles. The first-order valence-corrected chi connectivity index (χ1v) is 10.1. The minimum atomic E-state index is -0.447. The fourth-order valence-corrected chi connectivity index (χ4v) is 3.12. The summed E-state index contributed by atoms with van der Waals surface area (Å²) in [6.45, 7) is 0. The molecule has 0 saturated carbocycles. The van der Waals surface area contributed by atoms with Gasteiger partial charge in [-0.25, -0.2) is 0 Å². The van der Waals surface area contributed by atoms with Gasteiger partial charge in [0.25, 0.3) is 11.8 Å². The first kappa shape index (κ1) is 21.5. The molecule has 0 bridgehead atoms. The van der Waals surface area contributed by atoms with Gasteiger partial charge in [-0.3, -0.25) is 29.3 Å². The first-order chi connectivity index (χ1) is 16.1. The molecule has 0 aliphatic heterocycles. The number of ketones is 1. The molecule has 0 aliphatic rings. The predicted octanol–water partition coefficient (Wildman–Crippen LogP) is 3.80. The van der Waals surface area contributed by atoms with Crippen LogP contribution in [-0.2, 0) is 6.42 Å². The van der Waals surface area contributed by atoms with Crippen molar-refractivity contribution in [1.29, 1.82) is 0 Å². The number of hydrogen-bond donors (Lipinski definition) is 2. The van der Waals surface area contributed by atoms with Gasteiger partial charge in [0.2, 0.25) is 0 Å².